The third-order valence-corrected chi connectivity index (χ3v) is 2.84. The monoisotopic (exact) mass is 275 g/mol. The summed E-state index contributed by atoms with van der Waals surface area (Å²) in [6, 6.07) is 3.44. The molecule has 0 radical (unpaired) electrons. The summed E-state index contributed by atoms with van der Waals surface area (Å²) in [6.45, 7) is 1.41. The van der Waals surface area contributed by atoms with Crippen LogP contribution in [-0.2, 0) is 0 Å². The number of carbonyl (C=O) groups is 1. The molecule has 1 aromatic carbocycles. The summed E-state index contributed by atoms with van der Waals surface area (Å²) in [5.41, 5.74) is 0.223. The predicted molar refractivity (Wildman–Crippen MR) is 61.5 cm³/mol. The first-order valence-corrected chi connectivity index (χ1v) is 5.74. The van der Waals surface area contributed by atoms with Gasteiger partial charge in [0, 0.05) is 24.8 Å². The first-order valence-electron chi connectivity index (χ1n) is 5.74. The van der Waals surface area contributed by atoms with E-state index in [-0.39, 0.29) is 5.56 Å². The Bertz CT molecular complexity index is 482. The Labute approximate surface area is 107 Å². The van der Waals surface area contributed by atoms with Gasteiger partial charge in [0.05, 0.1) is 5.56 Å². The van der Waals surface area contributed by atoms with E-state index in [1.54, 1.807) is 0 Å². The van der Waals surface area contributed by atoms with Gasteiger partial charge in [-0.25, -0.2) is 4.79 Å². The molecule has 0 spiro atoms. The minimum atomic E-state index is -4.83. The first kappa shape index (κ1) is 13.5. The largest absolute Gasteiger partial charge is 0.573 e. The molecule has 1 heterocycles. The normalized spacial score (nSPS) is 15.6. The van der Waals surface area contributed by atoms with Crippen LogP contribution < -0.4 is 9.64 Å². The van der Waals surface area contributed by atoms with E-state index in [9.17, 15) is 18.0 Å². The van der Waals surface area contributed by atoms with Crippen LogP contribution in [0.3, 0.4) is 0 Å². The smallest absolute Gasteiger partial charge is 0.478 e. The van der Waals surface area contributed by atoms with Gasteiger partial charge in [0.25, 0.3) is 0 Å². The maximum absolute atomic E-state index is 12.2. The number of nitrogens with zero attached hydrogens (tertiary/aromatic N) is 1. The highest BCUT2D eigenvalue weighted by molar-refractivity contribution is 5.89. The van der Waals surface area contributed by atoms with E-state index in [1.807, 2.05) is 4.90 Å². The number of alkyl halides is 3. The number of carboxylic acid groups (broad SMARTS) is 1. The lowest BCUT2D eigenvalue weighted by molar-refractivity contribution is -0.274. The zero-order valence-corrected chi connectivity index (χ0v) is 9.91. The maximum Gasteiger partial charge on any atom is 0.573 e. The molecule has 0 unspecified atom stereocenters. The number of halogens is 3. The average Bonchev–Trinajstić information content (AvgIpc) is 2.79. The van der Waals surface area contributed by atoms with Crippen molar-refractivity contribution >= 4 is 11.7 Å². The molecule has 2 rings (SSSR count). The minimum absolute atomic E-state index is 0.219. The molecule has 104 valence electrons. The quantitative estimate of drug-likeness (QED) is 0.921. The number of hydrogen-bond donors (Lipinski definition) is 1. The van der Waals surface area contributed by atoms with E-state index in [0.717, 1.165) is 18.9 Å². The van der Waals surface area contributed by atoms with Crippen LogP contribution in [-0.4, -0.2) is 30.5 Å². The second kappa shape index (κ2) is 4.99. The topological polar surface area (TPSA) is 49.8 Å². The molecular weight excluding hydrogens is 263 g/mol. The molecule has 1 aromatic rings. The van der Waals surface area contributed by atoms with Crippen LogP contribution in [0.15, 0.2) is 18.2 Å². The van der Waals surface area contributed by atoms with Crippen LogP contribution in [0, 0.1) is 0 Å². The van der Waals surface area contributed by atoms with Crippen molar-refractivity contribution in [2.75, 3.05) is 18.0 Å². The number of rotatable bonds is 3. The van der Waals surface area contributed by atoms with Gasteiger partial charge in [-0.3, -0.25) is 0 Å². The van der Waals surface area contributed by atoms with Crippen LogP contribution in [0.1, 0.15) is 23.2 Å². The fourth-order valence-electron chi connectivity index (χ4n) is 2.06. The van der Waals surface area contributed by atoms with Gasteiger partial charge in [0.2, 0.25) is 0 Å². The molecule has 0 bridgehead atoms. The second-order valence-electron chi connectivity index (χ2n) is 4.26. The van der Waals surface area contributed by atoms with Crippen LogP contribution >= 0.6 is 0 Å². The van der Waals surface area contributed by atoms with Crippen LogP contribution in [0.2, 0.25) is 0 Å². The van der Waals surface area contributed by atoms with Gasteiger partial charge in [0.1, 0.15) is 5.75 Å². The molecular formula is C12H12F3NO3. The standard InChI is InChI=1S/C12H12F3NO3/c13-12(14,15)19-10-6-8(11(17)18)5-9(7-10)16-3-1-2-4-16/h5-7H,1-4H2,(H,17,18). The molecule has 0 aliphatic carbocycles. The Kier molecular flexibility index (Phi) is 3.55. The Morgan fingerprint density at radius 3 is 2.37 bits per heavy atom. The molecule has 0 atom stereocenters. The van der Waals surface area contributed by atoms with Crippen molar-refractivity contribution in [3.8, 4) is 5.75 Å². The van der Waals surface area contributed by atoms with Crippen molar-refractivity contribution in [1.82, 2.24) is 0 Å². The molecule has 19 heavy (non-hydrogen) atoms. The molecule has 0 aromatic heterocycles. The Morgan fingerprint density at radius 1 is 1.21 bits per heavy atom. The van der Waals surface area contributed by atoms with Gasteiger partial charge in [-0.05, 0) is 25.0 Å². The Balaban J connectivity index is 2.34. The maximum atomic E-state index is 12.2. The van der Waals surface area contributed by atoms with E-state index in [0.29, 0.717) is 18.8 Å². The molecule has 1 fully saturated rings. The fourth-order valence-corrected chi connectivity index (χ4v) is 2.06. The summed E-state index contributed by atoms with van der Waals surface area (Å²) in [5, 5.41) is 8.92. The SMILES string of the molecule is O=C(O)c1cc(OC(F)(F)F)cc(N2CCCC2)c1. The summed E-state index contributed by atoms with van der Waals surface area (Å²) in [4.78, 5) is 12.8. The summed E-state index contributed by atoms with van der Waals surface area (Å²) in [5.74, 6) is -1.79. The number of ether oxygens (including phenoxy) is 1. The number of anilines is 1. The van der Waals surface area contributed by atoms with Gasteiger partial charge in [0.15, 0.2) is 0 Å². The van der Waals surface area contributed by atoms with Crippen LogP contribution in [0.5, 0.6) is 5.75 Å². The van der Waals surface area contributed by atoms with Gasteiger partial charge in [-0.1, -0.05) is 0 Å². The van der Waals surface area contributed by atoms with Gasteiger partial charge >= 0.3 is 12.3 Å². The van der Waals surface area contributed by atoms with E-state index >= 15 is 0 Å². The molecule has 1 aliphatic heterocycles. The van der Waals surface area contributed by atoms with Crippen molar-refractivity contribution in [2.45, 2.75) is 19.2 Å². The Morgan fingerprint density at radius 2 is 1.84 bits per heavy atom. The summed E-state index contributed by atoms with van der Waals surface area (Å²) in [7, 11) is 0. The molecule has 7 heteroatoms. The molecule has 4 nitrogen and oxygen atoms in total. The van der Waals surface area contributed by atoms with Gasteiger partial charge in [-0.15, -0.1) is 13.2 Å². The molecule has 1 saturated heterocycles. The number of aromatic carboxylic acids is 1. The third-order valence-electron chi connectivity index (χ3n) is 2.84. The molecule has 0 saturated carbocycles. The highest BCUT2D eigenvalue weighted by Crippen LogP contribution is 2.30. The first-order chi connectivity index (χ1) is 8.85. The van der Waals surface area contributed by atoms with Crippen LogP contribution in [0.4, 0.5) is 18.9 Å². The molecule has 1 aliphatic rings. The van der Waals surface area contributed by atoms with Crippen LogP contribution in [0.25, 0.3) is 0 Å². The number of carboxylic acids is 1. The van der Waals surface area contributed by atoms with E-state index in [4.69, 9.17) is 5.11 Å². The fraction of sp³-hybridized carbons (Fsp3) is 0.417. The zero-order chi connectivity index (χ0) is 14.0. The highest BCUT2D eigenvalue weighted by atomic mass is 19.4. The average molecular weight is 275 g/mol. The molecule has 1 N–H and O–H groups in total. The lowest BCUT2D eigenvalue weighted by Crippen LogP contribution is -2.20. The Hall–Kier alpha value is -1.92. The van der Waals surface area contributed by atoms with Crippen molar-refractivity contribution in [3.63, 3.8) is 0 Å². The predicted octanol–water partition coefficient (Wildman–Crippen LogP) is 2.88. The summed E-state index contributed by atoms with van der Waals surface area (Å²) < 4.78 is 40.4. The van der Waals surface area contributed by atoms with Crippen molar-refractivity contribution in [2.24, 2.45) is 0 Å². The summed E-state index contributed by atoms with van der Waals surface area (Å²) in [6.07, 6.45) is -2.96. The number of hydrogen-bond acceptors (Lipinski definition) is 3. The van der Waals surface area contributed by atoms with Crippen molar-refractivity contribution in [1.29, 1.82) is 0 Å². The van der Waals surface area contributed by atoms with Crippen molar-refractivity contribution in [3.05, 3.63) is 23.8 Å². The lowest BCUT2D eigenvalue weighted by Gasteiger charge is -2.19. The van der Waals surface area contributed by atoms with Gasteiger partial charge in [-0.2, -0.15) is 0 Å². The van der Waals surface area contributed by atoms with E-state index in [2.05, 4.69) is 4.74 Å². The second-order valence-corrected chi connectivity index (χ2v) is 4.26. The van der Waals surface area contributed by atoms with Gasteiger partial charge < -0.3 is 14.7 Å². The van der Waals surface area contributed by atoms with E-state index < -0.39 is 18.1 Å². The minimum Gasteiger partial charge on any atom is -0.478 e. The third kappa shape index (κ3) is 3.52. The zero-order valence-electron chi connectivity index (χ0n) is 9.91. The van der Waals surface area contributed by atoms with Crippen molar-refractivity contribution < 1.29 is 27.8 Å². The van der Waals surface area contributed by atoms with E-state index in [1.165, 1.54) is 12.1 Å². The summed E-state index contributed by atoms with van der Waals surface area (Å²) >= 11 is 0. The highest BCUT2D eigenvalue weighted by Gasteiger charge is 2.31. The number of benzene rings is 1. The lowest BCUT2D eigenvalue weighted by atomic mass is 10.1. The molecule has 0 amide bonds.